The van der Waals surface area contributed by atoms with Crippen LogP contribution in [0.15, 0.2) is 30.3 Å². The van der Waals surface area contributed by atoms with E-state index in [1.165, 1.54) is 0 Å². The maximum atomic E-state index is 13.7. The topological polar surface area (TPSA) is 17.1 Å². The molecule has 0 fully saturated rings. The van der Waals surface area contributed by atoms with Gasteiger partial charge >= 0.3 is 0 Å². The van der Waals surface area contributed by atoms with Gasteiger partial charge in [-0.1, -0.05) is 30.3 Å². The number of halogens is 1. The Morgan fingerprint density at radius 2 is 2.00 bits per heavy atom. The Kier molecular flexibility index (Phi) is 2.76. The molecule has 3 heteroatoms. The minimum Gasteiger partial charge on any atom is -0.308 e. The molecule has 1 unspecified atom stereocenters. The van der Waals surface area contributed by atoms with Crippen LogP contribution in [-0.4, -0.2) is 14.7 Å². The number of aldehydes is 1. The molecule has 0 saturated carbocycles. The van der Waals surface area contributed by atoms with E-state index < -0.39 is 8.41 Å². The number of hydrogen-bond donors (Lipinski definition) is 0. The third-order valence-electron chi connectivity index (χ3n) is 1.84. The third-order valence-corrected chi connectivity index (χ3v) is 4.31. The molecule has 1 atom stereocenters. The SMILES string of the molecule is C[Si](F)(CC=O)c1ccccc1. The molecular formula is C9H11FOSi. The second kappa shape index (κ2) is 3.63. The van der Waals surface area contributed by atoms with Crippen molar-refractivity contribution in [3.63, 3.8) is 0 Å². The summed E-state index contributed by atoms with van der Waals surface area (Å²) in [4.78, 5) is 10.2. The zero-order chi connectivity index (χ0) is 9.03. The monoisotopic (exact) mass is 182 g/mol. The Morgan fingerprint density at radius 3 is 2.50 bits per heavy atom. The molecule has 0 bridgehead atoms. The molecule has 0 radical (unpaired) electrons. The first-order valence-electron chi connectivity index (χ1n) is 3.85. The van der Waals surface area contributed by atoms with Crippen LogP contribution in [-0.2, 0) is 4.79 Å². The van der Waals surface area contributed by atoms with E-state index in [-0.39, 0.29) is 6.04 Å². The Morgan fingerprint density at radius 1 is 1.42 bits per heavy atom. The molecule has 0 aromatic heterocycles. The van der Waals surface area contributed by atoms with Crippen LogP contribution >= 0.6 is 0 Å². The van der Waals surface area contributed by atoms with Gasteiger partial charge in [0, 0.05) is 6.04 Å². The number of benzene rings is 1. The quantitative estimate of drug-likeness (QED) is 0.394. The zero-order valence-corrected chi connectivity index (χ0v) is 7.96. The predicted molar refractivity (Wildman–Crippen MR) is 49.7 cm³/mol. The van der Waals surface area contributed by atoms with Crippen molar-refractivity contribution in [3.05, 3.63) is 30.3 Å². The first-order chi connectivity index (χ1) is 5.67. The van der Waals surface area contributed by atoms with E-state index in [4.69, 9.17) is 0 Å². The largest absolute Gasteiger partial charge is 0.308 e. The van der Waals surface area contributed by atoms with Crippen molar-refractivity contribution >= 4 is 19.9 Å². The van der Waals surface area contributed by atoms with Crippen LogP contribution in [0.4, 0.5) is 4.11 Å². The summed E-state index contributed by atoms with van der Waals surface area (Å²) in [5.74, 6) is 0. The van der Waals surface area contributed by atoms with Gasteiger partial charge < -0.3 is 8.90 Å². The summed E-state index contributed by atoms with van der Waals surface area (Å²) in [6, 6.07) is 8.98. The number of carbonyl (C=O) groups is 1. The maximum Gasteiger partial charge on any atom is 0.281 e. The summed E-state index contributed by atoms with van der Waals surface area (Å²) in [6.07, 6.45) is 0.666. The van der Waals surface area contributed by atoms with Gasteiger partial charge in [-0.2, -0.15) is 0 Å². The van der Waals surface area contributed by atoms with Gasteiger partial charge in [0.15, 0.2) is 0 Å². The van der Waals surface area contributed by atoms with Crippen LogP contribution in [0.2, 0.25) is 12.6 Å². The summed E-state index contributed by atoms with van der Waals surface area (Å²) >= 11 is 0. The van der Waals surface area contributed by atoms with Gasteiger partial charge in [-0.3, -0.25) is 0 Å². The van der Waals surface area contributed by atoms with E-state index in [0.717, 1.165) is 0 Å². The molecule has 1 aromatic rings. The normalized spacial score (nSPS) is 15.2. The highest BCUT2D eigenvalue weighted by molar-refractivity contribution is 6.86. The molecule has 0 amide bonds. The first kappa shape index (κ1) is 9.13. The summed E-state index contributed by atoms with van der Waals surface area (Å²) in [5.41, 5.74) is 0. The lowest BCUT2D eigenvalue weighted by molar-refractivity contribution is -0.106. The van der Waals surface area contributed by atoms with Crippen molar-refractivity contribution < 1.29 is 8.90 Å². The van der Waals surface area contributed by atoms with Gasteiger partial charge in [-0.05, 0) is 11.7 Å². The van der Waals surface area contributed by atoms with E-state index in [2.05, 4.69) is 0 Å². The minimum absolute atomic E-state index is 0.0526. The number of rotatable bonds is 3. The van der Waals surface area contributed by atoms with Crippen molar-refractivity contribution in [3.8, 4) is 0 Å². The van der Waals surface area contributed by atoms with Crippen molar-refractivity contribution in [2.45, 2.75) is 12.6 Å². The van der Waals surface area contributed by atoms with E-state index >= 15 is 0 Å². The van der Waals surface area contributed by atoms with Crippen molar-refractivity contribution in [1.82, 2.24) is 0 Å². The maximum absolute atomic E-state index is 13.7. The molecule has 0 aliphatic heterocycles. The van der Waals surface area contributed by atoms with Crippen LogP contribution in [0.25, 0.3) is 0 Å². The van der Waals surface area contributed by atoms with E-state index in [0.29, 0.717) is 11.5 Å². The Hall–Kier alpha value is -0.963. The standard InChI is InChI=1S/C9H11FOSi/c1-12(10,8-7-11)9-5-3-2-4-6-9/h2-7H,8H2,1H3. The van der Waals surface area contributed by atoms with Crippen LogP contribution in [0.1, 0.15) is 0 Å². The first-order valence-corrected chi connectivity index (χ1v) is 6.43. The molecule has 0 heterocycles. The smallest absolute Gasteiger partial charge is 0.281 e. The van der Waals surface area contributed by atoms with Gasteiger partial charge in [-0.15, -0.1) is 0 Å². The highest BCUT2D eigenvalue weighted by Crippen LogP contribution is 2.09. The van der Waals surface area contributed by atoms with E-state index in [1.54, 1.807) is 30.8 Å². The van der Waals surface area contributed by atoms with Gasteiger partial charge in [0.25, 0.3) is 8.41 Å². The molecule has 1 aromatic carbocycles. The molecule has 0 aliphatic carbocycles. The van der Waals surface area contributed by atoms with E-state index in [1.807, 2.05) is 6.07 Å². The molecule has 0 aliphatic rings. The lowest BCUT2D eigenvalue weighted by atomic mass is 10.4. The molecule has 12 heavy (non-hydrogen) atoms. The van der Waals surface area contributed by atoms with Gasteiger partial charge in [0.1, 0.15) is 6.29 Å². The Bertz CT molecular complexity index is 258. The fraction of sp³-hybridized carbons (Fsp3) is 0.222. The van der Waals surface area contributed by atoms with E-state index in [9.17, 15) is 8.90 Å². The average Bonchev–Trinajstić information content (AvgIpc) is 2.06. The Labute approximate surface area is 72.4 Å². The fourth-order valence-corrected chi connectivity index (χ4v) is 2.50. The highest BCUT2D eigenvalue weighted by atomic mass is 28.4. The molecule has 1 nitrogen and oxygen atoms in total. The lowest BCUT2D eigenvalue weighted by Crippen LogP contribution is -2.40. The second-order valence-corrected chi connectivity index (χ2v) is 6.31. The minimum atomic E-state index is -2.95. The number of hydrogen-bond acceptors (Lipinski definition) is 1. The van der Waals surface area contributed by atoms with Gasteiger partial charge in [-0.25, -0.2) is 0 Å². The highest BCUT2D eigenvalue weighted by Gasteiger charge is 2.29. The second-order valence-electron chi connectivity index (χ2n) is 2.93. The molecule has 0 saturated heterocycles. The summed E-state index contributed by atoms with van der Waals surface area (Å²) in [7, 11) is -2.95. The summed E-state index contributed by atoms with van der Waals surface area (Å²) < 4.78 is 13.7. The summed E-state index contributed by atoms with van der Waals surface area (Å²) in [5, 5.41) is 0.692. The van der Waals surface area contributed by atoms with Crippen LogP contribution in [0.5, 0.6) is 0 Å². The number of carbonyl (C=O) groups excluding carboxylic acids is 1. The molecule has 0 spiro atoms. The van der Waals surface area contributed by atoms with Crippen LogP contribution in [0, 0.1) is 0 Å². The van der Waals surface area contributed by atoms with Crippen LogP contribution < -0.4 is 5.19 Å². The van der Waals surface area contributed by atoms with Gasteiger partial charge in [0.05, 0.1) is 0 Å². The van der Waals surface area contributed by atoms with Crippen LogP contribution in [0.3, 0.4) is 0 Å². The van der Waals surface area contributed by atoms with Crippen molar-refractivity contribution in [2.24, 2.45) is 0 Å². The summed E-state index contributed by atoms with van der Waals surface area (Å²) in [6.45, 7) is 1.55. The predicted octanol–water partition coefficient (Wildman–Crippen LogP) is 1.64. The van der Waals surface area contributed by atoms with Crippen molar-refractivity contribution in [1.29, 1.82) is 0 Å². The third kappa shape index (κ3) is 2.01. The molecule has 64 valence electrons. The average molecular weight is 182 g/mol. The Balaban J connectivity index is 2.89. The lowest BCUT2D eigenvalue weighted by Gasteiger charge is -2.13. The van der Waals surface area contributed by atoms with Gasteiger partial charge in [0.2, 0.25) is 0 Å². The molecular weight excluding hydrogens is 171 g/mol. The fourth-order valence-electron chi connectivity index (χ4n) is 1.06. The zero-order valence-electron chi connectivity index (χ0n) is 6.96. The molecule has 0 N–H and O–H groups in total. The molecule has 1 rings (SSSR count). The van der Waals surface area contributed by atoms with Crippen molar-refractivity contribution in [2.75, 3.05) is 0 Å².